The van der Waals surface area contributed by atoms with Crippen LogP contribution in [-0.4, -0.2) is 28.5 Å². The summed E-state index contributed by atoms with van der Waals surface area (Å²) in [6.45, 7) is 5.92. The van der Waals surface area contributed by atoms with E-state index in [9.17, 15) is 9.59 Å². The molecule has 7 heteroatoms. The number of carbonyl (C=O) groups excluding carboxylic acids is 1. The summed E-state index contributed by atoms with van der Waals surface area (Å²) in [6.07, 6.45) is -0.249. The lowest BCUT2D eigenvalue weighted by Gasteiger charge is -2.16. The first-order valence-electron chi connectivity index (χ1n) is 7.72. The average Bonchev–Trinajstić information content (AvgIpc) is 2.49. The van der Waals surface area contributed by atoms with E-state index in [0.717, 1.165) is 11.1 Å². The standard InChI is InChI=1S/C17H22N4O3/c1-10-4-5-11(2)13(8-10)24-12(3)17(23)19-7-6-15-20-14(18)9-16(22)21-15/h4-5,8-9,12H,6-7H2,1-3H3,(H,19,23)(H3,18,20,21,22). The summed E-state index contributed by atoms with van der Waals surface area (Å²) in [5.74, 6) is 1.05. The van der Waals surface area contributed by atoms with Gasteiger partial charge in [0.05, 0.1) is 0 Å². The number of ether oxygens (including phenoxy) is 1. The third kappa shape index (κ3) is 4.84. The largest absolute Gasteiger partial charge is 0.481 e. The highest BCUT2D eigenvalue weighted by Gasteiger charge is 2.15. The topological polar surface area (TPSA) is 110 Å². The van der Waals surface area contributed by atoms with Crippen molar-refractivity contribution in [3.63, 3.8) is 0 Å². The lowest BCUT2D eigenvalue weighted by atomic mass is 10.1. The Morgan fingerprint density at radius 1 is 1.38 bits per heavy atom. The van der Waals surface area contributed by atoms with Crippen LogP contribution in [0.2, 0.25) is 0 Å². The van der Waals surface area contributed by atoms with Crippen molar-refractivity contribution in [2.45, 2.75) is 33.3 Å². The van der Waals surface area contributed by atoms with Crippen LogP contribution >= 0.6 is 0 Å². The number of aryl methyl sites for hydroxylation is 2. The Balaban J connectivity index is 1.87. The first kappa shape index (κ1) is 17.5. The Bertz CT molecular complexity index is 786. The molecule has 2 aromatic rings. The molecule has 0 aliphatic carbocycles. The summed E-state index contributed by atoms with van der Waals surface area (Å²) < 4.78 is 5.72. The van der Waals surface area contributed by atoms with Crippen LogP contribution in [0.25, 0.3) is 0 Å². The third-order valence-corrected chi connectivity index (χ3v) is 3.49. The third-order valence-electron chi connectivity index (χ3n) is 3.49. The molecule has 2 rings (SSSR count). The summed E-state index contributed by atoms with van der Waals surface area (Å²) >= 11 is 0. The van der Waals surface area contributed by atoms with E-state index in [-0.39, 0.29) is 17.3 Å². The molecule has 0 saturated carbocycles. The number of nitrogens with two attached hydrogens (primary N) is 1. The normalized spacial score (nSPS) is 11.8. The van der Waals surface area contributed by atoms with Gasteiger partial charge < -0.3 is 20.8 Å². The van der Waals surface area contributed by atoms with E-state index in [1.54, 1.807) is 6.92 Å². The lowest BCUT2D eigenvalue weighted by Crippen LogP contribution is -2.37. The first-order valence-corrected chi connectivity index (χ1v) is 7.72. The monoisotopic (exact) mass is 330 g/mol. The number of hydrogen-bond acceptors (Lipinski definition) is 5. The number of rotatable bonds is 6. The van der Waals surface area contributed by atoms with Crippen molar-refractivity contribution in [3.8, 4) is 5.75 Å². The van der Waals surface area contributed by atoms with Crippen molar-refractivity contribution in [1.29, 1.82) is 0 Å². The minimum absolute atomic E-state index is 0.159. The molecule has 1 aromatic heterocycles. The number of aromatic nitrogens is 2. The van der Waals surface area contributed by atoms with Crippen molar-refractivity contribution in [3.05, 3.63) is 51.6 Å². The van der Waals surface area contributed by atoms with Gasteiger partial charge in [-0.15, -0.1) is 0 Å². The first-order chi connectivity index (χ1) is 11.3. The highest BCUT2D eigenvalue weighted by atomic mass is 16.5. The van der Waals surface area contributed by atoms with Gasteiger partial charge in [0.25, 0.3) is 11.5 Å². The van der Waals surface area contributed by atoms with E-state index in [4.69, 9.17) is 10.5 Å². The molecule has 0 fully saturated rings. The fourth-order valence-corrected chi connectivity index (χ4v) is 2.17. The van der Waals surface area contributed by atoms with Gasteiger partial charge in [-0.25, -0.2) is 4.98 Å². The molecule has 0 radical (unpaired) electrons. The number of anilines is 1. The van der Waals surface area contributed by atoms with Gasteiger partial charge in [-0.1, -0.05) is 12.1 Å². The predicted molar refractivity (Wildman–Crippen MR) is 92.0 cm³/mol. The SMILES string of the molecule is Cc1ccc(C)c(OC(C)C(=O)NCCc2nc(N)cc(=O)[nH]2)c1. The minimum Gasteiger partial charge on any atom is -0.481 e. The Hall–Kier alpha value is -2.83. The van der Waals surface area contributed by atoms with E-state index < -0.39 is 6.10 Å². The van der Waals surface area contributed by atoms with E-state index in [1.165, 1.54) is 6.07 Å². The molecule has 4 N–H and O–H groups in total. The molecule has 1 unspecified atom stereocenters. The van der Waals surface area contributed by atoms with E-state index in [0.29, 0.717) is 24.5 Å². The van der Waals surface area contributed by atoms with Gasteiger partial charge in [-0.2, -0.15) is 0 Å². The van der Waals surface area contributed by atoms with Gasteiger partial charge in [0.1, 0.15) is 17.4 Å². The number of amides is 1. The number of carbonyl (C=O) groups is 1. The molecule has 0 spiro atoms. The maximum Gasteiger partial charge on any atom is 0.260 e. The molecule has 1 aromatic carbocycles. The Morgan fingerprint density at radius 2 is 2.12 bits per heavy atom. The van der Waals surface area contributed by atoms with Crippen LogP contribution in [0, 0.1) is 13.8 Å². The maximum absolute atomic E-state index is 12.1. The Morgan fingerprint density at radius 3 is 2.83 bits per heavy atom. The smallest absolute Gasteiger partial charge is 0.260 e. The van der Waals surface area contributed by atoms with E-state index >= 15 is 0 Å². The van der Waals surface area contributed by atoms with Gasteiger partial charge in [0.15, 0.2) is 6.10 Å². The molecule has 0 aliphatic heterocycles. The molecule has 0 saturated heterocycles. The second kappa shape index (κ2) is 7.63. The zero-order valence-corrected chi connectivity index (χ0v) is 14.1. The summed E-state index contributed by atoms with van der Waals surface area (Å²) in [6, 6.07) is 7.06. The van der Waals surface area contributed by atoms with Crippen molar-refractivity contribution in [1.82, 2.24) is 15.3 Å². The molecule has 1 amide bonds. The molecule has 1 atom stereocenters. The minimum atomic E-state index is -0.627. The highest BCUT2D eigenvalue weighted by Crippen LogP contribution is 2.20. The van der Waals surface area contributed by atoms with Crippen molar-refractivity contribution < 1.29 is 9.53 Å². The summed E-state index contributed by atoms with van der Waals surface area (Å²) in [7, 11) is 0. The van der Waals surface area contributed by atoms with E-state index in [2.05, 4.69) is 15.3 Å². The zero-order valence-electron chi connectivity index (χ0n) is 14.1. The van der Waals surface area contributed by atoms with Crippen molar-refractivity contribution in [2.75, 3.05) is 12.3 Å². The average molecular weight is 330 g/mol. The van der Waals surface area contributed by atoms with E-state index in [1.807, 2.05) is 32.0 Å². The van der Waals surface area contributed by atoms with Crippen LogP contribution in [0.4, 0.5) is 5.82 Å². The summed E-state index contributed by atoms with van der Waals surface area (Å²) in [5, 5.41) is 2.76. The van der Waals surface area contributed by atoms with Gasteiger partial charge >= 0.3 is 0 Å². The zero-order chi connectivity index (χ0) is 17.7. The number of nitrogen functional groups attached to an aromatic ring is 1. The number of nitrogens with one attached hydrogen (secondary N) is 2. The van der Waals surface area contributed by atoms with Gasteiger partial charge in [-0.3, -0.25) is 9.59 Å². The number of nitrogens with zero attached hydrogens (tertiary/aromatic N) is 1. The van der Waals surface area contributed by atoms with Gasteiger partial charge in [-0.05, 0) is 38.0 Å². The Kier molecular flexibility index (Phi) is 5.57. The van der Waals surface area contributed by atoms with Crippen LogP contribution in [0.15, 0.2) is 29.1 Å². The summed E-state index contributed by atoms with van der Waals surface area (Å²) in [4.78, 5) is 30.0. The second-order valence-corrected chi connectivity index (χ2v) is 5.69. The van der Waals surface area contributed by atoms with Crippen LogP contribution in [0.1, 0.15) is 23.9 Å². The quantitative estimate of drug-likeness (QED) is 0.734. The van der Waals surface area contributed by atoms with Crippen molar-refractivity contribution in [2.24, 2.45) is 0 Å². The number of benzene rings is 1. The number of hydrogen-bond donors (Lipinski definition) is 3. The Labute approximate surface area is 140 Å². The second-order valence-electron chi connectivity index (χ2n) is 5.69. The molecule has 128 valence electrons. The van der Waals surface area contributed by atoms with Crippen LogP contribution in [0.5, 0.6) is 5.75 Å². The lowest BCUT2D eigenvalue weighted by molar-refractivity contribution is -0.127. The van der Waals surface area contributed by atoms with Gasteiger partial charge in [0, 0.05) is 19.0 Å². The van der Waals surface area contributed by atoms with Crippen LogP contribution in [-0.2, 0) is 11.2 Å². The number of aromatic amines is 1. The predicted octanol–water partition coefficient (Wildman–Crippen LogP) is 1.10. The molecule has 0 aliphatic rings. The molecule has 24 heavy (non-hydrogen) atoms. The molecular weight excluding hydrogens is 308 g/mol. The highest BCUT2D eigenvalue weighted by molar-refractivity contribution is 5.80. The number of H-pyrrole nitrogens is 1. The van der Waals surface area contributed by atoms with Gasteiger partial charge in [0.2, 0.25) is 0 Å². The molecular formula is C17H22N4O3. The van der Waals surface area contributed by atoms with Crippen molar-refractivity contribution >= 4 is 11.7 Å². The fourth-order valence-electron chi connectivity index (χ4n) is 2.17. The summed E-state index contributed by atoms with van der Waals surface area (Å²) in [5.41, 5.74) is 7.25. The molecule has 1 heterocycles. The maximum atomic E-state index is 12.1. The van der Waals surface area contributed by atoms with Crippen LogP contribution < -0.4 is 21.3 Å². The molecule has 0 bridgehead atoms. The fraction of sp³-hybridized carbons (Fsp3) is 0.353. The van der Waals surface area contributed by atoms with Crippen LogP contribution in [0.3, 0.4) is 0 Å². The molecule has 7 nitrogen and oxygen atoms in total.